The fourth-order valence-corrected chi connectivity index (χ4v) is 17.6. The molecule has 0 N–H and O–H groups in total. The third-order valence-electron chi connectivity index (χ3n) is 21.2. The fraction of sp³-hybridized carbons (Fsp3) is 0.0337. The van der Waals surface area contributed by atoms with E-state index >= 15 is 0 Å². The second-order valence-electron chi connectivity index (χ2n) is 25.2. The second kappa shape index (κ2) is 18.7. The normalized spacial score (nSPS) is 14.5. The lowest BCUT2D eigenvalue weighted by molar-refractivity contribution is 0.447. The van der Waals surface area contributed by atoms with E-state index in [2.05, 4.69) is 339 Å². The molecule has 91 heavy (non-hydrogen) atoms. The Balaban J connectivity index is 0.796. The third-order valence-corrected chi connectivity index (χ3v) is 21.2. The first-order valence-electron chi connectivity index (χ1n) is 31.8. The molecule has 0 aromatic heterocycles. The highest BCUT2D eigenvalue weighted by Crippen LogP contribution is 2.66. The molecule has 0 bridgehead atoms. The van der Waals surface area contributed by atoms with Crippen molar-refractivity contribution in [2.24, 2.45) is 0 Å². The summed E-state index contributed by atoms with van der Waals surface area (Å²) >= 11 is 0. The Morgan fingerprint density at radius 1 is 0.209 bits per heavy atom. The number of fused-ring (bicyclic) bond motifs is 26. The van der Waals surface area contributed by atoms with E-state index in [9.17, 15) is 0 Å². The van der Waals surface area contributed by atoms with E-state index in [0.29, 0.717) is 0 Å². The van der Waals surface area contributed by atoms with E-state index in [1.54, 1.807) is 0 Å². The summed E-state index contributed by atoms with van der Waals surface area (Å²) in [4.78, 5) is 2.51. The number of rotatable bonds is 6. The molecule has 422 valence electrons. The predicted octanol–water partition coefficient (Wildman–Crippen LogP) is 22.3. The molecule has 4 aliphatic carbocycles. The van der Waals surface area contributed by atoms with E-state index in [4.69, 9.17) is 4.74 Å². The topological polar surface area (TPSA) is 12.5 Å². The van der Waals surface area contributed by atoms with E-state index in [1.165, 1.54) is 100 Å². The highest BCUT2D eigenvalue weighted by atomic mass is 16.5. The quantitative estimate of drug-likeness (QED) is 0.165. The first-order valence-corrected chi connectivity index (χ1v) is 31.8. The molecule has 20 rings (SSSR count). The van der Waals surface area contributed by atoms with Crippen LogP contribution in [0.15, 0.2) is 334 Å². The van der Waals surface area contributed by atoms with Crippen LogP contribution in [-0.4, -0.2) is 0 Å². The van der Waals surface area contributed by atoms with Gasteiger partial charge in [-0.1, -0.05) is 291 Å². The van der Waals surface area contributed by atoms with Crippen molar-refractivity contribution in [2.45, 2.75) is 16.2 Å². The van der Waals surface area contributed by atoms with Crippen molar-refractivity contribution in [3.8, 4) is 67.1 Å². The van der Waals surface area contributed by atoms with Gasteiger partial charge in [0.05, 0.1) is 16.2 Å². The SMILES string of the molecule is c1ccc(C2(c3ccccc3)c3ccccc3-c3ccc(N(c4ccc(-c5ccc6c(c5)C5(c7ccccc7-6)c6ccc7ccccc7c6Oc6c5ccc5ccccc65)cc4)c4ccc5c(c4)-c4ccccc4C54c5ccccc5-c5ccccc54)cc32)cc1. The molecular weight excluding hydrogens is 1100 g/mol. The molecule has 15 aromatic rings. The van der Waals surface area contributed by atoms with Crippen molar-refractivity contribution >= 4 is 38.6 Å². The summed E-state index contributed by atoms with van der Waals surface area (Å²) in [5.74, 6) is 1.84. The van der Waals surface area contributed by atoms with Gasteiger partial charge in [0.1, 0.15) is 11.5 Å². The van der Waals surface area contributed by atoms with Crippen LogP contribution in [0.5, 0.6) is 11.5 Å². The number of ether oxygens (including phenoxy) is 1. The van der Waals surface area contributed by atoms with Gasteiger partial charge in [0.25, 0.3) is 0 Å². The smallest absolute Gasteiger partial charge is 0.140 e. The lowest BCUT2D eigenvalue weighted by Gasteiger charge is -2.40. The maximum absolute atomic E-state index is 7.33. The van der Waals surface area contributed by atoms with Gasteiger partial charge in [0, 0.05) is 39.0 Å². The van der Waals surface area contributed by atoms with Crippen molar-refractivity contribution in [1.82, 2.24) is 0 Å². The minimum absolute atomic E-state index is 0.458. The standard InChI is InChI=1S/C89H55NO/c1-3-23-60(24-4-1)87(61-25-5-2-6-26-61)75-34-16-11-31-69(75)73-49-46-64(55-84(73)87)90(63-47-52-80-74(54-63)71-33-15-20-38-79(71)88(80)76-35-17-12-29-67(76)68-30-13-18-36-77(68)88)62-44-39-56(40-45-62)59-41-48-72-70-32-14-19-37-78(70)89(83(72)53-59)81-50-42-57-21-7-9-27-65(57)85(81)91-86-66-28-10-8-22-58(66)43-51-82(86)89/h1-55H. The summed E-state index contributed by atoms with van der Waals surface area (Å²) in [6.07, 6.45) is 0. The number of benzene rings is 15. The Morgan fingerprint density at radius 3 is 1.09 bits per heavy atom. The fourth-order valence-electron chi connectivity index (χ4n) is 17.6. The molecule has 0 amide bonds. The summed E-state index contributed by atoms with van der Waals surface area (Å²) < 4.78 is 7.33. The van der Waals surface area contributed by atoms with Crippen LogP contribution in [0.4, 0.5) is 17.1 Å². The van der Waals surface area contributed by atoms with Gasteiger partial charge in [0.2, 0.25) is 0 Å². The highest BCUT2D eigenvalue weighted by molar-refractivity contribution is 6.02. The molecular formula is C89H55NO. The monoisotopic (exact) mass is 1150 g/mol. The van der Waals surface area contributed by atoms with Crippen molar-refractivity contribution in [3.05, 3.63) is 400 Å². The van der Waals surface area contributed by atoms with E-state index in [1.807, 2.05) is 0 Å². The molecule has 15 aromatic carbocycles. The minimum atomic E-state index is -0.662. The number of nitrogens with zero attached hydrogens (tertiary/aromatic N) is 1. The molecule has 2 spiro atoms. The third kappa shape index (κ3) is 6.55. The van der Waals surface area contributed by atoms with Gasteiger partial charge in [0.15, 0.2) is 0 Å². The Bertz CT molecular complexity index is 5410. The van der Waals surface area contributed by atoms with Crippen LogP contribution in [0.25, 0.3) is 77.2 Å². The maximum Gasteiger partial charge on any atom is 0.140 e. The molecule has 2 nitrogen and oxygen atoms in total. The lowest BCUT2D eigenvalue weighted by Crippen LogP contribution is -2.32. The van der Waals surface area contributed by atoms with Crippen molar-refractivity contribution in [2.75, 3.05) is 4.90 Å². The van der Waals surface area contributed by atoms with Gasteiger partial charge < -0.3 is 9.64 Å². The summed E-state index contributed by atoms with van der Waals surface area (Å²) in [5, 5.41) is 4.54. The average Bonchev–Trinajstić information content (AvgIpc) is 1.58. The Morgan fingerprint density at radius 2 is 0.560 bits per heavy atom. The lowest BCUT2D eigenvalue weighted by atomic mass is 9.65. The zero-order valence-electron chi connectivity index (χ0n) is 49.6. The Kier molecular flexibility index (Phi) is 10.4. The van der Waals surface area contributed by atoms with Gasteiger partial charge in [-0.05, 0) is 165 Å². The average molecular weight is 1150 g/mol. The Labute approximate surface area is 528 Å². The minimum Gasteiger partial charge on any atom is -0.455 e. The van der Waals surface area contributed by atoms with Crippen molar-refractivity contribution in [3.63, 3.8) is 0 Å². The summed E-state index contributed by atoms with van der Waals surface area (Å²) in [6, 6.07) is 126. The van der Waals surface area contributed by atoms with Gasteiger partial charge in [-0.15, -0.1) is 0 Å². The highest BCUT2D eigenvalue weighted by Gasteiger charge is 2.54. The van der Waals surface area contributed by atoms with Crippen LogP contribution in [0.3, 0.4) is 0 Å². The molecule has 0 radical (unpaired) electrons. The number of anilines is 3. The second-order valence-corrected chi connectivity index (χ2v) is 25.2. The molecule has 0 atom stereocenters. The molecule has 0 fully saturated rings. The van der Waals surface area contributed by atoms with Gasteiger partial charge in [-0.3, -0.25) is 0 Å². The molecule has 1 aliphatic heterocycles. The van der Waals surface area contributed by atoms with Crippen LogP contribution in [0, 0.1) is 0 Å². The van der Waals surface area contributed by atoms with Crippen LogP contribution in [0.2, 0.25) is 0 Å². The zero-order valence-corrected chi connectivity index (χ0v) is 49.6. The van der Waals surface area contributed by atoms with E-state index in [0.717, 1.165) is 72.4 Å². The number of hydrogen-bond donors (Lipinski definition) is 0. The van der Waals surface area contributed by atoms with Gasteiger partial charge in [-0.25, -0.2) is 0 Å². The summed E-state index contributed by atoms with van der Waals surface area (Å²) in [7, 11) is 0. The van der Waals surface area contributed by atoms with E-state index < -0.39 is 16.2 Å². The first-order chi connectivity index (χ1) is 45.1. The zero-order chi connectivity index (χ0) is 59.6. The van der Waals surface area contributed by atoms with Crippen LogP contribution >= 0.6 is 0 Å². The van der Waals surface area contributed by atoms with Crippen molar-refractivity contribution < 1.29 is 4.74 Å². The Hall–Kier alpha value is -11.6. The van der Waals surface area contributed by atoms with Gasteiger partial charge in [-0.2, -0.15) is 0 Å². The summed E-state index contributed by atoms with van der Waals surface area (Å²) in [5.41, 5.74) is 29.2. The van der Waals surface area contributed by atoms with Crippen LogP contribution in [0.1, 0.15) is 66.8 Å². The van der Waals surface area contributed by atoms with Gasteiger partial charge >= 0.3 is 0 Å². The molecule has 0 saturated carbocycles. The van der Waals surface area contributed by atoms with E-state index in [-0.39, 0.29) is 0 Å². The predicted molar refractivity (Wildman–Crippen MR) is 373 cm³/mol. The molecule has 0 saturated heterocycles. The van der Waals surface area contributed by atoms with Crippen LogP contribution < -0.4 is 9.64 Å². The molecule has 1 heterocycles. The largest absolute Gasteiger partial charge is 0.455 e. The molecule has 0 unspecified atom stereocenters. The van der Waals surface area contributed by atoms with Crippen molar-refractivity contribution in [1.29, 1.82) is 0 Å². The first kappa shape index (κ1) is 50.4. The maximum atomic E-state index is 7.33. The van der Waals surface area contributed by atoms with Crippen LogP contribution in [-0.2, 0) is 16.2 Å². The summed E-state index contributed by atoms with van der Waals surface area (Å²) in [6.45, 7) is 0. The molecule has 2 heteroatoms. The molecule has 5 aliphatic rings. The number of hydrogen-bond acceptors (Lipinski definition) is 2.